The van der Waals surface area contributed by atoms with Gasteiger partial charge in [0.25, 0.3) is 0 Å². The standard InChI is InChI=1S/C69H44N4O/c1-6-19-45(20-7-1)50-29-16-31-54(39-50)67-70-68(55-32-17-30-51(40-55)46-21-8-2-9-22-46)72-69(71-67)60-42-56(49-27-14-5-15-28-49)44-64-65(60)58-33-18-34-62(66(58)74-64)73-61-38-36-52(47-23-10-3-11-24-47)41-59(61)57-37-35-53(43-63(57)73)48-25-12-4-13-26-48/h1-44H. The Balaban J connectivity index is 1.03. The Morgan fingerprint density at radius 1 is 0.270 bits per heavy atom. The van der Waals surface area contributed by atoms with E-state index in [0.29, 0.717) is 17.5 Å². The molecule has 0 aliphatic carbocycles. The van der Waals surface area contributed by atoms with Crippen LogP contribution in [0.3, 0.4) is 0 Å². The van der Waals surface area contributed by atoms with E-state index in [1.807, 2.05) is 18.2 Å². The summed E-state index contributed by atoms with van der Waals surface area (Å²) in [5.41, 5.74) is 18.3. The Kier molecular flexibility index (Phi) is 10.4. The first-order chi connectivity index (χ1) is 36.7. The molecule has 11 aromatic carbocycles. The molecule has 5 nitrogen and oxygen atoms in total. The Morgan fingerprint density at radius 3 is 1.27 bits per heavy atom. The molecular weight excluding hydrogens is 901 g/mol. The third-order valence-electron chi connectivity index (χ3n) is 14.2. The Morgan fingerprint density at radius 2 is 0.716 bits per heavy atom. The van der Waals surface area contributed by atoms with Crippen molar-refractivity contribution >= 4 is 43.7 Å². The molecule has 14 rings (SSSR count). The summed E-state index contributed by atoms with van der Waals surface area (Å²) in [4.78, 5) is 16.2. The van der Waals surface area contributed by atoms with Gasteiger partial charge in [0.1, 0.15) is 5.58 Å². The van der Waals surface area contributed by atoms with Gasteiger partial charge in [-0.15, -0.1) is 0 Å². The van der Waals surface area contributed by atoms with Crippen LogP contribution >= 0.6 is 0 Å². The monoisotopic (exact) mass is 944 g/mol. The minimum Gasteiger partial charge on any atom is -0.454 e. The van der Waals surface area contributed by atoms with Crippen LogP contribution in [0.15, 0.2) is 271 Å². The number of nitrogens with zero attached hydrogens (tertiary/aromatic N) is 4. The Hall–Kier alpha value is -9.97. The highest BCUT2D eigenvalue weighted by Gasteiger charge is 2.24. The summed E-state index contributed by atoms with van der Waals surface area (Å²) >= 11 is 0. The maximum Gasteiger partial charge on any atom is 0.164 e. The summed E-state index contributed by atoms with van der Waals surface area (Å²) in [6, 6.07) is 94.0. The van der Waals surface area contributed by atoms with Crippen LogP contribution in [-0.4, -0.2) is 19.5 Å². The number of hydrogen-bond acceptors (Lipinski definition) is 4. The molecule has 0 fully saturated rings. The van der Waals surface area contributed by atoms with Gasteiger partial charge in [-0.05, 0) is 104 Å². The van der Waals surface area contributed by atoms with E-state index in [-0.39, 0.29) is 0 Å². The molecule has 0 radical (unpaired) electrons. The lowest BCUT2D eigenvalue weighted by atomic mass is 9.98. The minimum absolute atomic E-state index is 0.550. The fourth-order valence-corrected chi connectivity index (χ4v) is 10.7. The normalized spacial score (nSPS) is 11.5. The fraction of sp³-hybridized carbons (Fsp3) is 0. The second kappa shape index (κ2) is 18.0. The second-order valence-electron chi connectivity index (χ2n) is 18.8. The number of benzene rings is 11. The van der Waals surface area contributed by atoms with E-state index in [0.717, 1.165) is 105 Å². The van der Waals surface area contributed by atoms with E-state index in [1.54, 1.807) is 0 Å². The zero-order valence-electron chi connectivity index (χ0n) is 40.1. The van der Waals surface area contributed by atoms with Crippen molar-refractivity contribution in [3.63, 3.8) is 0 Å². The first-order valence-corrected chi connectivity index (χ1v) is 25.0. The van der Waals surface area contributed by atoms with E-state index < -0.39 is 0 Å². The van der Waals surface area contributed by atoms with E-state index in [9.17, 15) is 0 Å². The highest BCUT2D eigenvalue weighted by atomic mass is 16.3. The lowest BCUT2D eigenvalue weighted by Crippen LogP contribution is -2.01. The summed E-state index contributed by atoms with van der Waals surface area (Å²) < 4.78 is 9.69. The molecule has 346 valence electrons. The number of hydrogen-bond donors (Lipinski definition) is 0. The topological polar surface area (TPSA) is 56.7 Å². The lowest BCUT2D eigenvalue weighted by molar-refractivity contribution is 0.666. The molecule has 3 aromatic heterocycles. The molecule has 0 unspecified atom stereocenters. The maximum atomic E-state index is 7.30. The summed E-state index contributed by atoms with van der Waals surface area (Å²) in [5, 5.41) is 4.22. The van der Waals surface area contributed by atoms with Crippen LogP contribution in [0.1, 0.15) is 0 Å². The predicted octanol–water partition coefficient (Wildman–Crippen LogP) is 18.2. The molecule has 0 saturated heterocycles. The highest BCUT2D eigenvalue weighted by Crippen LogP contribution is 2.44. The first-order valence-electron chi connectivity index (χ1n) is 25.0. The maximum absolute atomic E-state index is 7.30. The summed E-state index contributed by atoms with van der Waals surface area (Å²) in [7, 11) is 0. The van der Waals surface area contributed by atoms with Crippen molar-refractivity contribution in [2.45, 2.75) is 0 Å². The van der Waals surface area contributed by atoms with Crippen LogP contribution in [0, 0.1) is 0 Å². The molecule has 0 aliphatic rings. The third kappa shape index (κ3) is 7.63. The molecule has 74 heavy (non-hydrogen) atoms. The number of aromatic nitrogens is 4. The number of furan rings is 1. The summed E-state index contributed by atoms with van der Waals surface area (Å²) in [6.07, 6.45) is 0. The molecule has 0 atom stereocenters. The average molecular weight is 945 g/mol. The zero-order valence-corrected chi connectivity index (χ0v) is 40.1. The minimum atomic E-state index is 0.550. The number of rotatable bonds is 9. The number of para-hydroxylation sites is 1. The van der Waals surface area contributed by atoms with Gasteiger partial charge in [0, 0.05) is 38.2 Å². The molecule has 5 heteroatoms. The van der Waals surface area contributed by atoms with E-state index in [1.165, 1.54) is 16.5 Å². The van der Waals surface area contributed by atoms with Crippen LogP contribution < -0.4 is 0 Å². The fourth-order valence-electron chi connectivity index (χ4n) is 10.7. The molecule has 0 spiro atoms. The van der Waals surface area contributed by atoms with Gasteiger partial charge in [-0.2, -0.15) is 0 Å². The summed E-state index contributed by atoms with van der Waals surface area (Å²) in [5.74, 6) is 1.71. The van der Waals surface area contributed by atoms with Crippen molar-refractivity contribution in [3.8, 4) is 95.5 Å². The van der Waals surface area contributed by atoms with Crippen molar-refractivity contribution in [1.29, 1.82) is 0 Å². The molecule has 0 aliphatic heterocycles. The van der Waals surface area contributed by atoms with Gasteiger partial charge in [0.2, 0.25) is 0 Å². The molecule has 0 amide bonds. The van der Waals surface area contributed by atoms with Crippen molar-refractivity contribution in [2.24, 2.45) is 0 Å². The molecule has 3 heterocycles. The van der Waals surface area contributed by atoms with Crippen LogP contribution in [-0.2, 0) is 0 Å². The van der Waals surface area contributed by atoms with Crippen molar-refractivity contribution in [1.82, 2.24) is 19.5 Å². The van der Waals surface area contributed by atoms with Gasteiger partial charge in [-0.25, -0.2) is 15.0 Å². The van der Waals surface area contributed by atoms with E-state index in [4.69, 9.17) is 19.4 Å². The zero-order chi connectivity index (χ0) is 49.0. The van der Waals surface area contributed by atoms with Crippen LogP contribution in [0.25, 0.3) is 139 Å². The van der Waals surface area contributed by atoms with E-state index in [2.05, 4.69) is 253 Å². The van der Waals surface area contributed by atoms with Crippen LogP contribution in [0.4, 0.5) is 0 Å². The van der Waals surface area contributed by atoms with Gasteiger partial charge < -0.3 is 8.98 Å². The smallest absolute Gasteiger partial charge is 0.164 e. The third-order valence-corrected chi connectivity index (χ3v) is 14.2. The van der Waals surface area contributed by atoms with Crippen LogP contribution in [0.5, 0.6) is 0 Å². The van der Waals surface area contributed by atoms with Crippen LogP contribution in [0.2, 0.25) is 0 Å². The van der Waals surface area contributed by atoms with Gasteiger partial charge in [-0.3, -0.25) is 0 Å². The molecule has 14 aromatic rings. The molecule has 0 bridgehead atoms. The first kappa shape index (κ1) is 42.9. The summed E-state index contributed by atoms with van der Waals surface area (Å²) in [6.45, 7) is 0. The lowest BCUT2D eigenvalue weighted by Gasteiger charge is -2.12. The average Bonchev–Trinajstić information content (AvgIpc) is 4.05. The molecule has 0 N–H and O–H groups in total. The van der Waals surface area contributed by atoms with Gasteiger partial charge in [-0.1, -0.05) is 218 Å². The molecular formula is C69H44N4O. The Bertz CT molecular complexity index is 4290. The van der Waals surface area contributed by atoms with Gasteiger partial charge in [0.15, 0.2) is 23.1 Å². The van der Waals surface area contributed by atoms with Gasteiger partial charge in [0.05, 0.1) is 16.7 Å². The highest BCUT2D eigenvalue weighted by molar-refractivity contribution is 6.17. The second-order valence-corrected chi connectivity index (χ2v) is 18.8. The van der Waals surface area contributed by atoms with Crippen molar-refractivity contribution in [2.75, 3.05) is 0 Å². The van der Waals surface area contributed by atoms with E-state index >= 15 is 0 Å². The Labute approximate surface area is 428 Å². The SMILES string of the molecule is c1ccc(-c2cccc(-c3nc(-c4cccc(-c5ccccc5)c4)nc(-c4cc(-c5ccccc5)cc5oc6c(-n7c8ccc(-c9ccccc9)cc8c8ccc(-c9ccccc9)cc87)cccc6c45)n3)c2)cc1. The predicted molar refractivity (Wildman–Crippen MR) is 305 cm³/mol. The van der Waals surface area contributed by atoms with Gasteiger partial charge >= 0.3 is 0 Å². The van der Waals surface area contributed by atoms with Crippen molar-refractivity contribution in [3.05, 3.63) is 267 Å². The quantitative estimate of drug-likeness (QED) is 0.145. The van der Waals surface area contributed by atoms with Crippen molar-refractivity contribution < 1.29 is 4.42 Å². The molecule has 0 saturated carbocycles. The largest absolute Gasteiger partial charge is 0.454 e. The number of fused-ring (bicyclic) bond motifs is 6.